The van der Waals surface area contributed by atoms with Crippen LogP contribution in [0.15, 0.2) is 42.7 Å². The fraction of sp³-hybridized carbons (Fsp3) is 0.0833. The summed E-state index contributed by atoms with van der Waals surface area (Å²) >= 11 is 0. The van der Waals surface area contributed by atoms with E-state index in [1.54, 1.807) is 29.0 Å². The normalized spacial score (nSPS) is 10.2. The van der Waals surface area contributed by atoms with Gasteiger partial charge in [0.15, 0.2) is 0 Å². The van der Waals surface area contributed by atoms with Crippen molar-refractivity contribution in [2.24, 2.45) is 0 Å². The number of aromatic carboxylic acids is 1. The number of nitrogens with zero attached hydrogens (tertiary/aromatic N) is 2. The first-order chi connectivity index (χ1) is 8.58. The van der Waals surface area contributed by atoms with E-state index in [9.17, 15) is 14.9 Å². The lowest BCUT2D eigenvalue weighted by Gasteiger charge is -2.03. The first kappa shape index (κ1) is 11.8. The van der Waals surface area contributed by atoms with Crippen molar-refractivity contribution in [3.05, 3.63) is 64.0 Å². The lowest BCUT2D eigenvalue weighted by molar-refractivity contribution is -0.385. The molecular weight excluding hydrogens is 236 g/mol. The predicted octanol–water partition coefficient (Wildman–Crippen LogP) is 2.14. The summed E-state index contributed by atoms with van der Waals surface area (Å²) < 4.78 is 1.60. The summed E-state index contributed by atoms with van der Waals surface area (Å²) in [4.78, 5) is 21.1. The average molecular weight is 246 g/mol. The lowest BCUT2D eigenvalue weighted by Crippen LogP contribution is -2.01. The summed E-state index contributed by atoms with van der Waals surface area (Å²) in [5, 5.41) is 19.6. The van der Waals surface area contributed by atoms with Gasteiger partial charge in [-0.15, -0.1) is 0 Å². The molecule has 0 atom stereocenters. The van der Waals surface area contributed by atoms with E-state index in [2.05, 4.69) is 0 Å². The van der Waals surface area contributed by atoms with Gasteiger partial charge in [0, 0.05) is 24.0 Å². The van der Waals surface area contributed by atoms with E-state index in [1.807, 2.05) is 0 Å². The van der Waals surface area contributed by atoms with Crippen molar-refractivity contribution in [3.8, 4) is 0 Å². The molecule has 0 radical (unpaired) electrons. The molecule has 18 heavy (non-hydrogen) atoms. The Morgan fingerprint density at radius 2 is 2.06 bits per heavy atom. The van der Waals surface area contributed by atoms with Gasteiger partial charge in [-0.05, 0) is 6.07 Å². The highest BCUT2D eigenvalue weighted by molar-refractivity contribution is 5.87. The zero-order valence-electron chi connectivity index (χ0n) is 9.31. The molecule has 1 aromatic heterocycles. The average Bonchev–Trinajstić information content (AvgIpc) is 2.78. The van der Waals surface area contributed by atoms with E-state index in [0.717, 1.165) is 0 Å². The second-order valence-corrected chi connectivity index (χ2v) is 3.76. The van der Waals surface area contributed by atoms with Crippen molar-refractivity contribution in [1.29, 1.82) is 0 Å². The molecule has 92 valence electrons. The number of carboxylic acid groups (broad SMARTS) is 1. The molecule has 0 aliphatic heterocycles. The van der Waals surface area contributed by atoms with Crippen LogP contribution < -0.4 is 0 Å². The zero-order valence-corrected chi connectivity index (χ0v) is 9.31. The molecule has 1 heterocycles. The Balaban J connectivity index is 2.28. The number of carbonyl (C=O) groups is 1. The number of aromatic nitrogens is 1. The molecule has 0 saturated carbocycles. The molecule has 6 heteroatoms. The third-order valence-corrected chi connectivity index (χ3v) is 2.54. The molecule has 6 nitrogen and oxygen atoms in total. The lowest BCUT2D eigenvalue weighted by atomic mass is 10.2. The third kappa shape index (κ3) is 2.37. The summed E-state index contributed by atoms with van der Waals surface area (Å²) in [6, 6.07) is 7.84. The van der Waals surface area contributed by atoms with Crippen LogP contribution in [0.5, 0.6) is 0 Å². The van der Waals surface area contributed by atoms with Crippen molar-refractivity contribution in [2.75, 3.05) is 0 Å². The van der Waals surface area contributed by atoms with E-state index in [4.69, 9.17) is 5.11 Å². The minimum absolute atomic E-state index is 0.0306. The molecular formula is C12H10N2O4. The molecule has 0 fully saturated rings. The van der Waals surface area contributed by atoms with Crippen molar-refractivity contribution in [3.63, 3.8) is 0 Å². The van der Waals surface area contributed by atoms with Gasteiger partial charge in [-0.3, -0.25) is 10.1 Å². The van der Waals surface area contributed by atoms with Crippen molar-refractivity contribution < 1.29 is 14.8 Å². The molecule has 0 aliphatic rings. The molecule has 2 rings (SSSR count). The van der Waals surface area contributed by atoms with Crippen molar-refractivity contribution >= 4 is 11.7 Å². The van der Waals surface area contributed by atoms with Gasteiger partial charge in [-0.25, -0.2) is 4.79 Å². The largest absolute Gasteiger partial charge is 0.478 e. The number of rotatable bonds is 4. The van der Waals surface area contributed by atoms with Gasteiger partial charge < -0.3 is 9.67 Å². The topological polar surface area (TPSA) is 85.4 Å². The molecule has 0 spiro atoms. The predicted molar refractivity (Wildman–Crippen MR) is 63.6 cm³/mol. The smallest absolute Gasteiger partial charge is 0.337 e. The Kier molecular flexibility index (Phi) is 3.09. The number of nitro benzene ring substituents is 1. The van der Waals surface area contributed by atoms with Gasteiger partial charge in [0.05, 0.1) is 17.0 Å². The monoisotopic (exact) mass is 246 g/mol. The van der Waals surface area contributed by atoms with Gasteiger partial charge in [0.1, 0.15) is 0 Å². The summed E-state index contributed by atoms with van der Waals surface area (Å²) in [5.74, 6) is -1.02. The number of carboxylic acids is 1. The second kappa shape index (κ2) is 4.70. The molecule has 0 saturated heterocycles. The van der Waals surface area contributed by atoms with E-state index in [0.29, 0.717) is 5.56 Å². The van der Waals surface area contributed by atoms with Crippen LogP contribution in [0, 0.1) is 10.1 Å². The van der Waals surface area contributed by atoms with Crippen LogP contribution >= 0.6 is 0 Å². The minimum Gasteiger partial charge on any atom is -0.478 e. The maximum absolute atomic E-state index is 10.8. The van der Waals surface area contributed by atoms with E-state index < -0.39 is 10.9 Å². The molecule has 1 aromatic carbocycles. The van der Waals surface area contributed by atoms with Crippen LogP contribution in [-0.2, 0) is 6.54 Å². The van der Waals surface area contributed by atoms with E-state index in [-0.39, 0.29) is 17.8 Å². The zero-order chi connectivity index (χ0) is 13.1. The van der Waals surface area contributed by atoms with Gasteiger partial charge in [0.25, 0.3) is 5.69 Å². The molecule has 0 unspecified atom stereocenters. The number of para-hydroxylation sites is 1. The molecule has 0 aliphatic carbocycles. The standard InChI is InChI=1S/C12H10N2O4/c15-12(16)10-5-6-13(8-10)7-9-3-1-2-4-11(9)14(17)18/h1-6,8H,7H2,(H,15,16). The highest BCUT2D eigenvalue weighted by Gasteiger charge is 2.13. The number of benzene rings is 1. The Bertz CT molecular complexity index is 604. The van der Waals surface area contributed by atoms with Crippen molar-refractivity contribution in [1.82, 2.24) is 4.57 Å². The van der Waals surface area contributed by atoms with Crippen LogP contribution in [0.3, 0.4) is 0 Å². The fourth-order valence-corrected chi connectivity index (χ4v) is 1.68. The molecule has 2 aromatic rings. The maximum atomic E-state index is 10.8. The highest BCUT2D eigenvalue weighted by Crippen LogP contribution is 2.19. The van der Waals surface area contributed by atoms with E-state index in [1.165, 1.54) is 18.3 Å². The first-order valence-electron chi connectivity index (χ1n) is 5.19. The fourth-order valence-electron chi connectivity index (χ4n) is 1.68. The van der Waals surface area contributed by atoms with Crippen molar-refractivity contribution in [2.45, 2.75) is 6.54 Å². The van der Waals surface area contributed by atoms with Crippen LogP contribution in [0.4, 0.5) is 5.69 Å². The van der Waals surface area contributed by atoms with Gasteiger partial charge in [0.2, 0.25) is 0 Å². The first-order valence-corrected chi connectivity index (χ1v) is 5.19. The summed E-state index contributed by atoms with van der Waals surface area (Å²) in [5.41, 5.74) is 0.728. The van der Waals surface area contributed by atoms with Gasteiger partial charge in [-0.2, -0.15) is 0 Å². The summed E-state index contributed by atoms with van der Waals surface area (Å²) in [6.45, 7) is 0.268. The minimum atomic E-state index is -1.02. The number of hydrogen-bond acceptors (Lipinski definition) is 3. The second-order valence-electron chi connectivity index (χ2n) is 3.76. The Morgan fingerprint density at radius 1 is 1.33 bits per heavy atom. The Hall–Kier alpha value is -2.63. The van der Waals surface area contributed by atoms with Crippen LogP contribution in [0.1, 0.15) is 15.9 Å². The highest BCUT2D eigenvalue weighted by atomic mass is 16.6. The van der Waals surface area contributed by atoms with Gasteiger partial charge in [-0.1, -0.05) is 18.2 Å². The molecule has 0 bridgehead atoms. The number of nitro groups is 1. The van der Waals surface area contributed by atoms with E-state index >= 15 is 0 Å². The summed E-state index contributed by atoms with van der Waals surface area (Å²) in [7, 11) is 0. The van der Waals surface area contributed by atoms with Crippen LogP contribution in [-0.4, -0.2) is 20.6 Å². The summed E-state index contributed by atoms with van der Waals surface area (Å²) in [6.07, 6.45) is 3.03. The van der Waals surface area contributed by atoms with Gasteiger partial charge >= 0.3 is 5.97 Å². The molecule has 0 amide bonds. The quantitative estimate of drug-likeness (QED) is 0.661. The van der Waals surface area contributed by atoms with Crippen LogP contribution in [0.2, 0.25) is 0 Å². The third-order valence-electron chi connectivity index (χ3n) is 2.54. The molecule has 1 N–H and O–H groups in total. The maximum Gasteiger partial charge on any atom is 0.337 e. The Morgan fingerprint density at radius 3 is 2.67 bits per heavy atom. The number of hydrogen-bond donors (Lipinski definition) is 1. The Labute approximate surface area is 102 Å². The van der Waals surface area contributed by atoms with Crippen LogP contribution in [0.25, 0.3) is 0 Å². The SMILES string of the molecule is O=C(O)c1ccn(Cc2ccccc2[N+](=O)[O-])c1.